The molecule has 1 heterocycles. The Morgan fingerprint density at radius 3 is 2.13 bits per heavy atom. The molecule has 2 amide bonds. The molecule has 0 radical (unpaired) electrons. The van der Waals surface area contributed by atoms with Crippen molar-refractivity contribution in [1.29, 1.82) is 0 Å². The smallest absolute Gasteiger partial charge is 0.257 e. The first-order chi connectivity index (χ1) is 14.3. The highest BCUT2D eigenvalue weighted by Crippen LogP contribution is 2.25. The Morgan fingerprint density at radius 1 is 0.967 bits per heavy atom. The number of piperazine rings is 1. The number of methoxy groups -OCH3 is 1. The molecule has 1 aliphatic heterocycles. The van der Waals surface area contributed by atoms with E-state index in [2.05, 4.69) is 4.72 Å². The second-order valence-electron chi connectivity index (χ2n) is 6.47. The van der Waals surface area contributed by atoms with E-state index in [9.17, 15) is 26.8 Å². The fourth-order valence-electron chi connectivity index (χ4n) is 3.17. The summed E-state index contributed by atoms with van der Waals surface area (Å²) in [6.45, 7) is 0.687. The number of thiol groups is 1. The molecular formula is C19H19F2N3O5S. The normalized spacial score (nSPS) is 14.0. The molecular weight excluding hydrogens is 420 g/mol. The summed E-state index contributed by atoms with van der Waals surface area (Å²) in [5.74, 6) is -3.09. The third-order valence-corrected chi connectivity index (χ3v) is 5.13. The number of ether oxygens (including phenoxy) is 1. The fraction of sp³-hybridized carbons (Fsp3) is 0.263. The van der Waals surface area contributed by atoms with Gasteiger partial charge in [-0.1, -0.05) is 6.07 Å². The van der Waals surface area contributed by atoms with Gasteiger partial charge >= 0.3 is 0 Å². The maximum atomic E-state index is 13.9. The third kappa shape index (κ3) is 4.51. The highest BCUT2D eigenvalue weighted by molar-refractivity contribution is 7.73. The van der Waals surface area contributed by atoms with Crippen LogP contribution in [0.25, 0.3) is 0 Å². The molecule has 160 valence electrons. The van der Waals surface area contributed by atoms with Crippen molar-refractivity contribution in [1.82, 2.24) is 9.80 Å². The topological polar surface area (TPSA) is 96.0 Å². The van der Waals surface area contributed by atoms with Crippen molar-refractivity contribution in [3.05, 3.63) is 59.2 Å². The van der Waals surface area contributed by atoms with Gasteiger partial charge in [-0.3, -0.25) is 14.3 Å². The van der Waals surface area contributed by atoms with Crippen LogP contribution in [0.5, 0.6) is 5.75 Å². The molecule has 1 aliphatic rings. The Labute approximate surface area is 173 Å². The minimum Gasteiger partial charge on any atom is -0.496 e. The molecule has 0 spiro atoms. The lowest BCUT2D eigenvalue weighted by molar-refractivity contribution is 0.0530. The first-order valence-corrected chi connectivity index (χ1v) is 10.1. The summed E-state index contributed by atoms with van der Waals surface area (Å²) >= 11 is 0. The summed E-state index contributed by atoms with van der Waals surface area (Å²) < 4.78 is 56.3. The van der Waals surface area contributed by atoms with Crippen LogP contribution in [0.3, 0.4) is 0 Å². The molecule has 0 unspecified atom stereocenters. The lowest BCUT2D eigenvalue weighted by Gasteiger charge is -2.35. The van der Waals surface area contributed by atoms with Gasteiger partial charge in [0.15, 0.2) is 11.6 Å². The molecule has 2 aromatic rings. The van der Waals surface area contributed by atoms with E-state index in [1.54, 1.807) is 0 Å². The third-order valence-electron chi connectivity index (χ3n) is 4.69. The molecule has 2 aromatic carbocycles. The predicted molar refractivity (Wildman–Crippen MR) is 105 cm³/mol. The minimum atomic E-state index is -2.85. The van der Waals surface area contributed by atoms with Crippen LogP contribution in [0, 0.1) is 11.6 Å². The number of nitrogens with zero attached hydrogens (tertiary/aromatic N) is 2. The van der Waals surface area contributed by atoms with E-state index in [0.29, 0.717) is 0 Å². The zero-order valence-corrected chi connectivity index (χ0v) is 16.8. The summed E-state index contributed by atoms with van der Waals surface area (Å²) in [6, 6.07) is 7.69. The molecule has 8 nitrogen and oxygen atoms in total. The zero-order chi connectivity index (χ0) is 21.8. The lowest BCUT2D eigenvalue weighted by atomic mass is 10.1. The van der Waals surface area contributed by atoms with Crippen molar-refractivity contribution in [2.75, 3.05) is 38.0 Å². The second kappa shape index (κ2) is 9.08. The number of hydrogen-bond donors (Lipinski definition) is 2. The zero-order valence-electron chi connectivity index (χ0n) is 15.9. The highest BCUT2D eigenvalue weighted by Gasteiger charge is 2.28. The van der Waals surface area contributed by atoms with Crippen LogP contribution in [0.15, 0.2) is 36.4 Å². The van der Waals surface area contributed by atoms with Gasteiger partial charge in [-0.2, -0.15) is 0 Å². The van der Waals surface area contributed by atoms with Gasteiger partial charge in [0.25, 0.3) is 11.8 Å². The van der Waals surface area contributed by atoms with E-state index >= 15 is 0 Å². The number of nitrogens with one attached hydrogen (secondary N) is 1. The van der Waals surface area contributed by atoms with Gasteiger partial charge in [-0.15, -0.1) is 0 Å². The number of carbonyl (C=O) groups excluding carboxylic acids is 2. The Kier molecular flexibility index (Phi) is 6.50. The molecule has 0 atom stereocenters. The van der Waals surface area contributed by atoms with Crippen molar-refractivity contribution in [2.45, 2.75) is 0 Å². The summed E-state index contributed by atoms with van der Waals surface area (Å²) in [5, 5.41) is 0. The van der Waals surface area contributed by atoms with Gasteiger partial charge < -0.3 is 14.5 Å². The van der Waals surface area contributed by atoms with Crippen molar-refractivity contribution in [3.8, 4) is 5.75 Å². The number of amides is 2. The maximum absolute atomic E-state index is 13.9. The number of hydrogen-bond acceptors (Lipinski definition) is 5. The van der Waals surface area contributed by atoms with Crippen LogP contribution in [0.4, 0.5) is 14.5 Å². The molecule has 0 bridgehead atoms. The second-order valence-corrected chi connectivity index (χ2v) is 7.21. The van der Waals surface area contributed by atoms with Crippen LogP contribution in [-0.2, 0) is 10.9 Å². The Hall–Kier alpha value is -3.21. The summed E-state index contributed by atoms with van der Waals surface area (Å²) in [7, 11) is -1.50. The monoisotopic (exact) mass is 439 g/mol. The van der Waals surface area contributed by atoms with Gasteiger partial charge in [0.1, 0.15) is 5.75 Å². The number of rotatable bonds is 5. The SMILES string of the molecule is COc1cc(N[SH](=O)=O)ccc1C(=O)N1CCN(C(=O)c2cccc(F)c2F)CC1. The number of carbonyl (C=O) groups is 2. The van der Waals surface area contributed by atoms with Gasteiger partial charge in [0.2, 0.25) is 10.9 Å². The summed E-state index contributed by atoms with van der Waals surface area (Å²) in [6.07, 6.45) is 0. The molecule has 11 heteroatoms. The van der Waals surface area contributed by atoms with Crippen molar-refractivity contribution < 1.29 is 31.5 Å². The predicted octanol–water partition coefficient (Wildman–Crippen LogP) is 1.51. The number of anilines is 1. The Balaban J connectivity index is 1.69. The lowest BCUT2D eigenvalue weighted by Crippen LogP contribution is -2.50. The minimum absolute atomic E-state index is 0.152. The van der Waals surface area contributed by atoms with Crippen LogP contribution >= 0.6 is 0 Å². The van der Waals surface area contributed by atoms with E-state index in [1.165, 1.54) is 47.2 Å². The number of halogens is 2. The Morgan fingerprint density at radius 2 is 1.57 bits per heavy atom. The van der Waals surface area contributed by atoms with E-state index in [0.717, 1.165) is 6.07 Å². The van der Waals surface area contributed by atoms with E-state index < -0.39 is 28.4 Å². The van der Waals surface area contributed by atoms with E-state index in [1.807, 2.05) is 0 Å². The van der Waals surface area contributed by atoms with Gasteiger partial charge in [0.05, 0.1) is 23.9 Å². The van der Waals surface area contributed by atoms with Crippen LogP contribution < -0.4 is 9.46 Å². The molecule has 1 fully saturated rings. The highest BCUT2D eigenvalue weighted by atomic mass is 32.2. The molecule has 0 aromatic heterocycles. The van der Waals surface area contributed by atoms with Crippen LogP contribution in [-0.4, -0.2) is 63.3 Å². The summed E-state index contributed by atoms with van der Waals surface area (Å²) in [5.41, 5.74) is 0.142. The fourth-order valence-corrected chi connectivity index (χ4v) is 3.52. The molecule has 0 saturated carbocycles. The molecule has 1 saturated heterocycles. The van der Waals surface area contributed by atoms with Gasteiger partial charge in [-0.05, 0) is 24.3 Å². The standard InChI is InChI=1S/C19H19F2N3O5S/c1-29-16-11-12(22-30(27)28)5-6-13(16)18(25)23-7-9-24(10-8-23)19(26)14-3-2-4-15(20)17(14)21/h2-6,11,30H,7-10H2,1H3,(H,22,27,28). The molecule has 1 N–H and O–H groups in total. The Bertz CT molecular complexity index is 1040. The van der Waals surface area contributed by atoms with Crippen LogP contribution in [0.1, 0.15) is 20.7 Å². The largest absolute Gasteiger partial charge is 0.496 e. The molecule has 0 aliphatic carbocycles. The maximum Gasteiger partial charge on any atom is 0.257 e. The average molecular weight is 439 g/mol. The quantitative estimate of drug-likeness (QED) is 0.689. The van der Waals surface area contributed by atoms with E-state index in [4.69, 9.17) is 4.74 Å². The van der Waals surface area contributed by atoms with Crippen molar-refractivity contribution in [3.63, 3.8) is 0 Å². The molecule has 30 heavy (non-hydrogen) atoms. The summed E-state index contributed by atoms with van der Waals surface area (Å²) in [4.78, 5) is 28.2. The van der Waals surface area contributed by atoms with Gasteiger partial charge in [0, 0.05) is 32.2 Å². The first-order valence-electron chi connectivity index (χ1n) is 8.93. The van der Waals surface area contributed by atoms with E-state index in [-0.39, 0.29) is 54.7 Å². The van der Waals surface area contributed by atoms with Crippen LogP contribution in [0.2, 0.25) is 0 Å². The number of benzene rings is 2. The van der Waals surface area contributed by atoms with Gasteiger partial charge in [-0.25, -0.2) is 17.2 Å². The van der Waals surface area contributed by atoms with Crippen molar-refractivity contribution >= 4 is 28.4 Å². The first kappa shape index (κ1) is 21.5. The van der Waals surface area contributed by atoms with Crippen molar-refractivity contribution in [2.24, 2.45) is 0 Å². The average Bonchev–Trinajstić information content (AvgIpc) is 2.74. The molecule has 3 rings (SSSR count).